The molecule has 0 aliphatic rings. The van der Waals surface area contributed by atoms with Crippen LogP contribution in [-0.4, -0.2) is 12.9 Å². The standard InChI is InChI=1S/C16H18BrN3/c1-11-4-3-5-12(8-11)10-20(2)15-7-6-13(16(18)19)9-14(15)17/h3-9H,10H2,1-2H3,(H3,18,19). The molecule has 2 rings (SSSR count). The molecule has 0 aromatic heterocycles. The lowest BCUT2D eigenvalue weighted by Gasteiger charge is -2.21. The van der Waals surface area contributed by atoms with Crippen LogP contribution in [0.2, 0.25) is 0 Å². The zero-order chi connectivity index (χ0) is 14.7. The van der Waals surface area contributed by atoms with Crippen LogP contribution in [0.5, 0.6) is 0 Å². The molecule has 0 bridgehead atoms. The van der Waals surface area contributed by atoms with Gasteiger partial charge in [-0.1, -0.05) is 29.8 Å². The number of hydrogen-bond acceptors (Lipinski definition) is 2. The molecular weight excluding hydrogens is 314 g/mol. The summed E-state index contributed by atoms with van der Waals surface area (Å²) in [7, 11) is 2.05. The lowest BCUT2D eigenvalue weighted by atomic mass is 10.1. The van der Waals surface area contributed by atoms with Crippen molar-refractivity contribution >= 4 is 27.5 Å². The van der Waals surface area contributed by atoms with Crippen LogP contribution in [-0.2, 0) is 6.54 Å². The van der Waals surface area contributed by atoms with Crippen LogP contribution in [0.25, 0.3) is 0 Å². The van der Waals surface area contributed by atoms with Crippen LogP contribution in [0.15, 0.2) is 46.9 Å². The van der Waals surface area contributed by atoms with Crippen LogP contribution < -0.4 is 10.6 Å². The van der Waals surface area contributed by atoms with E-state index in [0.717, 1.165) is 22.3 Å². The van der Waals surface area contributed by atoms with Crippen molar-refractivity contribution in [2.45, 2.75) is 13.5 Å². The molecule has 2 aromatic rings. The van der Waals surface area contributed by atoms with Gasteiger partial charge >= 0.3 is 0 Å². The molecule has 0 spiro atoms. The first kappa shape index (κ1) is 14.6. The Labute approximate surface area is 128 Å². The lowest BCUT2D eigenvalue weighted by Crippen LogP contribution is -2.18. The maximum Gasteiger partial charge on any atom is 0.122 e. The minimum Gasteiger partial charge on any atom is -0.384 e. The van der Waals surface area contributed by atoms with E-state index in [2.05, 4.69) is 59.1 Å². The Morgan fingerprint density at radius 1 is 1.25 bits per heavy atom. The van der Waals surface area contributed by atoms with Gasteiger partial charge in [-0.2, -0.15) is 0 Å². The summed E-state index contributed by atoms with van der Waals surface area (Å²) in [5.74, 6) is 0.0820. The first-order valence-corrected chi connectivity index (χ1v) is 7.17. The zero-order valence-electron chi connectivity index (χ0n) is 11.7. The molecule has 3 N–H and O–H groups in total. The summed E-state index contributed by atoms with van der Waals surface area (Å²) >= 11 is 3.55. The van der Waals surface area contributed by atoms with Crippen molar-refractivity contribution in [1.82, 2.24) is 0 Å². The van der Waals surface area contributed by atoms with Gasteiger partial charge in [-0.15, -0.1) is 0 Å². The summed E-state index contributed by atoms with van der Waals surface area (Å²) in [5.41, 5.74) is 9.84. The number of anilines is 1. The second-order valence-electron chi connectivity index (χ2n) is 4.92. The van der Waals surface area contributed by atoms with Crippen LogP contribution in [0.4, 0.5) is 5.69 Å². The first-order valence-electron chi connectivity index (χ1n) is 6.38. The number of nitrogens with one attached hydrogen (secondary N) is 1. The molecular formula is C16H18BrN3. The van der Waals surface area contributed by atoms with Crippen LogP contribution in [0.3, 0.4) is 0 Å². The minimum absolute atomic E-state index is 0.0820. The van der Waals surface area contributed by atoms with E-state index >= 15 is 0 Å². The highest BCUT2D eigenvalue weighted by molar-refractivity contribution is 9.10. The van der Waals surface area contributed by atoms with Gasteiger partial charge in [0.15, 0.2) is 0 Å². The predicted octanol–water partition coefficient (Wildman–Crippen LogP) is 3.68. The van der Waals surface area contributed by atoms with Gasteiger partial charge in [-0.05, 0) is 46.6 Å². The Morgan fingerprint density at radius 3 is 2.60 bits per heavy atom. The third-order valence-electron chi connectivity index (χ3n) is 3.17. The molecule has 104 valence electrons. The number of nitrogens with two attached hydrogens (primary N) is 1. The van der Waals surface area contributed by atoms with E-state index in [4.69, 9.17) is 11.1 Å². The Hall–Kier alpha value is -1.81. The van der Waals surface area contributed by atoms with E-state index in [1.165, 1.54) is 11.1 Å². The van der Waals surface area contributed by atoms with Gasteiger partial charge in [0.05, 0.1) is 5.69 Å². The van der Waals surface area contributed by atoms with E-state index < -0.39 is 0 Å². The van der Waals surface area contributed by atoms with Gasteiger partial charge in [0, 0.05) is 23.6 Å². The predicted molar refractivity (Wildman–Crippen MR) is 88.4 cm³/mol. The number of benzene rings is 2. The highest BCUT2D eigenvalue weighted by atomic mass is 79.9. The molecule has 3 nitrogen and oxygen atoms in total. The van der Waals surface area contributed by atoms with E-state index in [9.17, 15) is 0 Å². The number of nitrogen functional groups attached to an aromatic ring is 1. The quantitative estimate of drug-likeness (QED) is 0.663. The first-order chi connectivity index (χ1) is 9.47. The summed E-state index contributed by atoms with van der Waals surface area (Å²) in [4.78, 5) is 2.17. The highest BCUT2D eigenvalue weighted by Crippen LogP contribution is 2.27. The lowest BCUT2D eigenvalue weighted by molar-refractivity contribution is 0.918. The fourth-order valence-electron chi connectivity index (χ4n) is 2.15. The molecule has 0 unspecified atom stereocenters. The summed E-state index contributed by atoms with van der Waals surface area (Å²) in [5, 5.41) is 7.46. The Kier molecular flexibility index (Phi) is 4.45. The summed E-state index contributed by atoms with van der Waals surface area (Å²) in [6, 6.07) is 14.2. The van der Waals surface area contributed by atoms with Gasteiger partial charge in [0.1, 0.15) is 5.84 Å². The molecule has 0 fully saturated rings. The maximum atomic E-state index is 7.46. The van der Waals surface area contributed by atoms with Crippen molar-refractivity contribution in [3.05, 3.63) is 63.6 Å². The Morgan fingerprint density at radius 2 is 2.00 bits per heavy atom. The van der Waals surface area contributed by atoms with E-state index in [0.29, 0.717) is 0 Å². The molecule has 0 heterocycles. The number of amidine groups is 1. The molecule has 0 saturated carbocycles. The smallest absolute Gasteiger partial charge is 0.122 e. The SMILES string of the molecule is Cc1cccc(CN(C)c2ccc(C(=N)N)cc2Br)c1. The number of hydrogen-bond donors (Lipinski definition) is 2. The normalized spacial score (nSPS) is 10.3. The fourth-order valence-corrected chi connectivity index (χ4v) is 2.84. The summed E-state index contributed by atoms with van der Waals surface area (Å²) in [6.07, 6.45) is 0. The monoisotopic (exact) mass is 331 g/mol. The van der Waals surface area contributed by atoms with Crippen molar-refractivity contribution in [2.24, 2.45) is 5.73 Å². The van der Waals surface area contributed by atoms with Crippen LogP contribution >= 0.6 is 15.9 Å². The third kappa shape index (κ3) is 3.39. The van der Waals surface area contributed by atoms with Crippen LogP contribution in [0, 0.1) is 12.3 Å². The molecule has 20 heavy (non-hydrogen) atoms. The third-order valence-corrected chi connectivity index (χ3v) is 3.81. The van der Waals surface area contributed by atoms with E-state index in [1.807, 2.05) is 18.2 Å². The molecule has 4 heteroatoms. The number of rotatable bonds is 4. The second kappa shape index (κ2) is 6.09. The number of halogens is 1. The molecule has 0 aliphatic carbocycles. The largest absolute Gasteiger partial charge is 0.384 e. The topological polar surface area (TPSA) is 53.1 Å². The van der Waals surface area contributed by atoms with Crippen molar-refractivity contribution < 1.29 is 0 Å². The van der Waals surface area contributed by atoms with Crippen molar-refractivity contribution in [2.75, 3.05) is 11.9 Å². The Balaban J connectivity index is 2.21. The minimum atomic E-state index is 0.0820. The summed E-state index contributed by atoms with van der Waals surface area (Å²) in [6.45, 7) is 2.93. The van der Waals surface area contributed by atoms with E-state index in [1.54, 1.807) is 0 Å². The van der Waals surface area contributed by atoms with Gasteiger partial charge in [0.25, 0.3) is 0 Å². The van der Waals surface area contributed by atoms with Gasteiger partial charge in [-0.25, -0.2) is 0 Å². The van der Waals surface area contributed by atoms with Crippen LogP contribution in [0.1, 0.15) is 16.7 Å². The van der Waals surface area contributed by atoms with Crippen molar-refractivity contribution in [3.8, 4) is 0 Å². The number of nitrogens with zero attached hydrogens (tertiary/aromatic N) is 1. The Bertz CT molecular complexity index is 637. The van der Waals surface area contributed by atoms with Crippen molar-refractivity contribution in [3.63, 3.8) is 0 Å². The molecule has 2 aromatic carbocycles. The molecule has 0 radical (unpaired) electrons. The van der Waals surface area contributed by atoms with Gasteiger partial charge < -0.3 is 10.6 Å². The zero-order valence-corrected chi connectivity index (χ0v) is 13.2. The maximum absolute atomic E-state index is 7.46. The average Bonchev–Trinajstić information content (AvgIpc) is 2.38. The molecule has 0 atom stereocenters. The molecule has 0 aliphatic heterocycles. The van der Waals surface area contributed by atoms with Gasteiger partial charge in [0.2, 0.25) is 0 Å². The molecule has 0 saturated heterocycles. The van der Waals surface area contributed by atoms with E-state index in [-0.39, 0.29) is 5.84 Å². The average molecular weight is 332 g/mol. The number of aryl methyl sites for hydroxylation is 1. The second-order valence-corrected chi connectivity index (χ2v) is 5.78. The summed E-state index contributed by atoms with van der Waals surface area (Å²) < 4.78 is 0.945. The highest BCUT2D eigenvalue weighted by Gasteiger charge is 2.08. The molecule has 0 amide bonds. The van der Waals surface area contributed by atoms with Gasteiger partial charge in [-0.3, -0.25) is 5.41 Å². The fraction of sp³-hybridized carbons (Fsp3) is 0.188. The van der Waals surface area contributed by atoms with Crippen molar-refractivity contribution in [1.29, 1.82) is 5.41 Å².